The second-order valence-corrected chi connectivity index (χ2v) is 4.73. The molecule has 2 rings (SSSR count). The van der Waals surface area contributed by atoms with E-state index in [2.05, 4.69) is 53.4 Å². The van der Waals surface area contributed by atoms with E-state index in [9.17, 15) is 0 Å². The minimum absolute atomic E-state index is 0.393. The van der Waals surface area contributed by atoms with Gasteiger partial charge in [-0.3, -0.25) is 4.68 Å². The maximum absolute atomic E-state index is 4.47. The van der Waals surface area contributed by atoms with Crippen molar-refractivity contribution < 1.29 is 0 Å². The van der Waals surface area contributed by atoms with Crippen molar-refractivity contribution in [1.29, 1.82) is 0 Å². The van der Waals surface area contributed by atoms with Crippen molar-refractivity contribution >= 4 is 0 Å². The summed E-state index contributed by atoms with van der Waals surface area (Å²) in [7, 11) is 3.99. The Labute approximate surface area is 109 Å². The van der Waals surface area contributed by atoms with Crippen molar-refractivity contribution in [3.05, 3.63) is 41.5 Å². The van der Waals surface area contributed by atoms with Crippen molar-refractivity contribution in [2.75, 3.05) is 7.05 Å². The number of nitrogens with one attached hydrogen (secondary N) is 1. The van der Waals surface area contributed by atoms with Crippen LogP contribution in [0.2, 0.25) is 0 Å². The zero-order chi connectivity index (χ0) is 13.1. The van der Waals surface area contributed by atoms with E-state index in [0.717, 1.165) is 18.7 Å². The summed E-state index contributed by atoms with van der Waals surface area (Å²) >= 11 is 0. The van der Waals surface area contributed by atoms with Crippen molar-refractivity contribution in [2.45, 2.75) is 32.9 Å². The Balaban J connectivity index is 2.13. The summed E-state index contributed by atoms with van der Waals surface area (Å²) in [6, 6.07) is 4.74. The second kappa shape index (κ2) is 5.40. The molecule has 2 aromatic rings. The highest BCUT2D eigenvalue weighted by molar-refractivity contribution is 5.17. The van der Waals surface area contributed by atoms with E-state index in [1.807, 2.05) is 18.8 Å². The van der Waals surface area contributed by atoms with Crippen molar-refractivity contribution in [2.24, 2.45) is 7.05 Å². The third-order valence-corrected chi connectivity index (χ3v) is 3.44. The van der Waals surface area contributed by atoms with Crippen molar-refractivity contribution in [3.63, 3.8) is 0 Å². The average molecular weight is 246 g/mol. The van der Waals surface area contributed by atoms with Crippen LogP contribution in [0.4, 0.5) is 0 Å². The minimum atomic E-state index is 0.393. The monoisotopic (exact) mass is 246 g/mol. The molecule has 0 spiro atoms. The molecule has 4 heteroatoms. The van der Waals surface area contributed by atoms with Gasteiger partial charge in [0.15, 0.2) is 0 Å². The summed E-state index contributed by atoms with van der Waals surface area (Å²) in [5, 5.41) is 7.73. The van der Waals surface area contributed by atoms with Crippen LogP contribution in [0.25, 0.3) is 0 Å². The molecule has 0 aliphatic carbocycles. The number of hydrogen-bond donors (Lipinski definition) is 1. The first kappa shape index (κ1) is 12.9. The SMILES string of the molecule is CCc1cc(Cn2ccc(C(C)NC)c2)n(C)n1. The van der Waals surface area contributed by atoms with Crippen LogP contribution < -0.4 is 5.32 Å². The maximum atomic E-state index is 4.47. The quantitative estimate of drug-likeness (QED) is 0.877. The maximum Gasteiger partial charge on any atom is 0.0639 e. The van der Waals surface area contributed by atoms with Gasteiger partial charge in [0.25, 0.3) is 0 Å². The molecule has 0 saturated heterocycles. The van der Waals surface area contributed by atoms with Crippen LogP contribution in [0.3, 0.4) is 0 Å². The Morgan fingerprint density at radius 2 is 2.22 bits per heavy atom. The first-order valence-electron chi connectivity index (χ1n) is 6.48. The number of nitrogens with zero attached hydrogens (tertiary/aromatic N) is 3. The summed E-state index contributed by atoms with van der Waals surface area (Å²) in [6.07, 6.45) is 5.31. The van der Waals surface area contributed by atoms with Crippen molar-refractivity contribution in [3.8, 4) is 0 Å². The van der Waals surface area contributed by atoms with Crippen LogP contribution in [0.15, 0.2) is 24.5 Å². The summed E-state index contributed by atoms with van der Waals surface area (Å²) in [5.74, 6) is 0. The lowest BCUT2D eigenvalue weighted by Crippen LogP contribution is -2.11. The van der Waals surface area contributed by atoms with Gasteiger partial charge in [-0.1, -0.05) is 6.92 Å². The number of hydrogen-bond acceptors (Lipinski definition) is 2. The molecule has 0 radical (unpaired) electrons. The fourth-order valence-electron chi connectivity index (χ4n) is 2.06. The zero-order valence-corrected chi connectivity index (χ0v) is 11.6. The Hall–Kier alpha value is -1.55. The molecule has 0 saturated carbocycles. The molecular formula is C14H22N4. The molecule has 2 aromatic heterocycles. The van der Waals surface area contributed by atoms with Gasteiger partial charge >= 0.3 is 0 Å². The number of aromatic nitrogens is 3. The van der Waals surface area contributed by atoms with E-state index in [1.54, 1.807) is 0 Å². The molecule has 4 nitrogen and oxygen atoms in total. The smallest absolute Gasteiger partial charge is 0.0639 e. The van der Waals surface area contributed by atoms with E-state index in [1.165, 1.54) is 11.3 Å². The normalized spacial score (nSPS) is 12.9. The molecule has 0 aromatic carbocycles. The zero-order valence-electron chi connectivity index (χ0n) is 11.6. The van der Waals surface area contributed by atoms with Gasteiger partial charge in [-0.15, -0.1) is 0 Å². The summed E-state index contributed by atoms with van der Waals surface area (Å²) in [5.41, 5.74) is 3.71. The van der Waals surface area contributed by atoms with E-state index < -0.39 is 0 Å². The molecule has 18 heavy (non-hydrogen) atoms. The topological polar surface area (TPSA) is 34.8 Å². The van der Waals surface area contributed by atoms with E-state index in [0.29, 0.717) is 6.04 Å². The number of aryl methyl sites for hydroxylation is 2. The fraction of sp³-hybridized carbons (Fsp3) is 0.500. The summed E-state index contributed by atoms with van der Waals surface area (Å²) in [6.45, 7) is 5.17. The predicted molar refractivity (Wildman–Crippen MR) is 73.6 cm³/mol. The molecule has 0 aliphatic rings. The van der Waals surface area contributed by atoms with Crippen molar-refractivity contribution in [1.82, 2.24) is 19.7 Å². The van der Waals surface area contributed by atoms with Crippen LogP contribution in [0.1, 0.15) is 36.8 Å². The van der Waals surface area contributed by atoms with Gasteiger partial charge in [0, 0.05) is 25.5 Å². The standard InChI is InChI=1S/C14H22N4/c1-5-13-8-14(17(4)16-13)10-18-7-6-12(9-18)11(2)15-3/h6-9,11,15H,5,10H2,1-4H3. The molecule has 1 N–H and O–H groups in total. The van der Waals surface area contributed by atoms with E-state index in [4.69, 9.17) is 0 Å². The van der Waals surface area contributed by atoms with Gasteiger partial charge in [0.05, 0.1) is 17.9 Å². The minimum Gasteiger partial charge on any atom is -0.348 e. The van der Waals surface area contributed by atoms with Crippen LogP contribution in [-0.2, 0) is 20.0 Å². The molecule has 1 atom stereocenters. The molecule has 0 bridgehead atoms. The Bertz CT molecular complexity index is 510. The Morgan fingerprint density at radius 1 is 1.44 bits per heavy atom. The third-order valence-electron chi connectivity index (χ3n) is 3.44. The number of rotatable bonds is 5. The van der Waals surface area contributed by atoms with Gasteiger partial charge in [0.1, 0.15) is 0 Å². The average Bonchev–Trinajstić information content (AvgIpc) is 2.97. The molecule has 1 unspecified atom stereocenters. The van der Waals surface area contributed by atoms with Gasteiger partial charge in [-0.2, -0.15) is 5.10 Å². The highest BCUT2D eigenvalue weighted by atomic mass is 15.3. The van der Waals surface area contributed by atoms with Gasteiger partial charge in [0.2, 0.25) is 0 Å². The summed E-state index contributed by atoms with van der Waals surface area (Å²) < 4.78 is 4.18. The largest absolute Gasteiger partial charge is 0.348 e. The van der Waals surface area contributed by atoms with Gasteiger partial charge in [-0.25, -0.2) is 0 Å². The molecule has 0 amide bonds. The lowest BCUT2D eigenvalue weighted by atomic mass is 10.2. The molecular weight excluding hydrogens is 224 g/mol. The Kier molecular flexibility index (Phi) is 3.87. The van der Waals surface area contributed by atoms with Crippen LogP contribution in [0.5, 0.6) is 0 Å². The fourth-order valence-corrected chi connectivity index (χ4v) is 2.06. The molecule has 2 heterocycles. The van der Waals surface area contributed by atoms with E-state index in [-0.39, 0.29) is 0 Å². The summed E-state index contributed by atoms with van der Waals surface area (Å²) in [4.78, 5) is 0. The van der Waals surface area contributed by atoms with Crippen LogP contribution in [0, 0.1) is 0 Å². The molecule has 98 valence electrons. The Morgan fingerprint density at radius 3 is 2.83 bits per heavy atom. The second-order valence-electron chi connectivity index (χ2n) is 4.73. The third kappa shape index (κ3) is 2.64. The van der Waals surface area contributed by atoms with Gasteiger partial charge in [-0.05, 0) is 38.1 Å². The predicted octanol–water partition coefficient (Wildman–Crippen LogP) is 2.11. The molecule has 0 fully saturated rings. The molecule has 0 aliphatic heterocycles. The van der Waals surface area contributed by atoms with Crippen LogP contribution >= 0.6 is 0 Å². The first-order valence-corrected chi connectivity index (χ1v) is 6.48. The van der Waals surface area contributed by atoms with Gasteiger partial charge < -0.3 is 9.88 Å². The lowest BCUT2D eigenvalue weighted by molar-refractivity contribution is 0.640. The van der Waals surface area contributed by atoms with Crippen LogP contribution in [-0.4, -0.2) is 21.4 Å². The van der Waals surface area contributed by atoms with E-state index >= 15 is 0 Å². The lowest BCUT2D eigenvalue weighted by Gasteiger charge is -2.07. The first-order chi connectivity index (χ1) is 8.63. The highest BCUT2D eigenvalue weighted by Crippen LogP contribution is 2.13. The highest BCUT2D eigenvalue weighted by Gasteiger charge is 2.07.